The van der Waals surface area contributed by atoms with Gasteiger partial charge in [0.2, 0.25) is 0 Å². The number of carbonyl (C=O) groups is 2. The Morgan fingerprint density at radius 2 is 1.94 bits per heavy atom. The Kier molecular flexibility index (Phi) is 6.20. The first-order valence-corrected chi connectivity index (χ1v) is 10.3. The Bertz CT molecular complexity index is 1450. The first-order chi connectivity index (χ1) is 15.9. The summed E-state index contributed by atoms with van der Waals surface area (Å²) in [6.07, 6.45) is 5.00. The zero-order valence-electron chi connectivity index (χ0n) is 17.5. The van der Waals surface area contributed by atoms with Crippen LogP contribution in [0.3, 0.4) is 0 Å². The minimum atomic E-state index is -0.423. The number of nitriles is 1. The molecule has 0 radical (unpaired) electrons. The maximum atomic E-state index is 12.8. The first-order valence-electron chi connectivity index (χ1n) is 9.97. The summed E-state index contributed by atoms with van der Waals surface area (Å²) in [5, 5.41) is 15.7. The minimum Gasteiger partial charge on any atom is -0.346 e. The number of hydrogen-bond donors (Lipinski definition) is 3. The molecule has 7 nitrogen and oxygen atoms in total. The van der Waals surface area contributed by atoms with Crippen molar-refractivity contribution in [1.82, 2.24) is 9.97 Å². The molecule has 0 aliphatic rings. The highest BCUT2D eigenvalue weighted by atomic mass is 35.5. The van der Waals surface area contributed by atoms with Crippen molar-refractivity contribution in [2.24, 2.45) is 0 Å². The lowest BCUT2D eigenvalue weighted by atomic mass is 10.1. The van der Waals surface area contributed by atoms with Crippen molar-refractivity contribution in [1.29, 1.82) is 5.26 Å². The number of hydrogen-bond acceptors (Lipinski definition) is 4. The van der Waals surface area contributed by atoms with E-state index >= 15 is 0 Å². The van der Waals surface area contributed by atoms with Crippen LogP contribution < -0.4 is 10.6 Å². The molecule has 3 N–H and O–H groups in total. The van der Waals surface area contributed by atoms with Crippen LogP contribution in [-0.4, -0.2) is 21.8 Å². The molecule has 0 aliphatic heterocycles. The molecule has 0 aliphatic carbocycles. The van der Waals surface area contributed by atoms with E-state index in [1.165, 1.54) is 6.07 Å². The number of carbonyl (C=O) groups excluding carboxylic acids is 2. The van der Waals surface area contributed by atoms with E-state index in [-0.39, 0.29) is 16.5 Å². The van der Waals surface area contributed by atoms with Gasteiger partial charge in [-0.15, -0.1) is 0 Å². The maximum absolute atomic E-state index is 12.8. The largest absolute Gasteiger partial charge is 0.346 e. The van der Waals surface area contributed by atoms with Crippen LogP contribution in [0.2, 0.25) is 5.02 Å². The van der Waals surface area contributed by atoms with Gasteiger partial charge in [0.15, 0.2) is 0 Å². The predicted octanol–water partition coefficient (Wildman–Crippen LogP) is 5.38. The molecule has 0 fully saturated rings. The second-order valence-corrected chi connectivity index (χ2v) is 7.71. The van der Waals surface area contributed by atoms with Crippen LogP contribution in [0, 0.1) is 11.3 Å². The van der Waals surface area contributed by atoms with Gasteiger partial charge in [-0.25, -0.2) is 4.98 Å². The van der Waals surface area contributed by atoms with Gasteiger partial charge in [0, 0.05) is 22.8 Å². The Morgan fingerprint density at radius 1 is 1.09 bits per heavy atom. The number of rotatable bonds is 5. The number of fused-ring (bicyclic) bond motifs is 1. The van der Waals surface area contributed by atoms with E-state index in [2.05, 4.69) is 26.7 Å². The van der Waals surface area contributed by atoms with Gasteiger partial charge in [0.1, 0.15) is 5.65 Å². The Balaban J connectivity index is 1.50. The molecule has 0 spiro atoms. The molecule has 2 aromatic heterocycles. The van der Waals surface area contributed by atoms with Crippen molar-refractivity contribution < 1.29 is 9.59 Å². The van der Waals surface area contributed by atoms with Crippen molar-refractivity contribution in [2.45, 2.75) is 6.92 Å². The van der Waals surface area contributed by atoms with E-state index in [0.29, 0.717) is 22.5 Å². The fraction of sp³-hybridized carbons (Fsp3) is 0.0400. The lowest BCUT2D eigenvalue weighted by Crippen LogP contribution is -2.15. The lowest BCUT2D eigenvalue weighted by Gasteiger charge is -2.10. The molecule has 0 unspecified atom stereocenters. The molecule has 0 saturated carbocycles. The van der Waals surface area contributed by atoms with Gasteiger partial charge >= 0.3 is 0 Å². The number of amides is 2. The van der Waals surface area contributed by atoms with Crippen LogP contribution in [0.1, 0.15) is 28.4 Å². The number of pyridine rings is 1. The molecule has 8 heteroatoms. The van der Waals surface area contributed by atoms with Gasteiger partial charge in [0.05, 0.1) is 34.1 Å². The summed E-state index contributed by atoms with van der Waals surface area (Å²) in [6, 6.07) is 17.4. The third-order valence-electron chi connectivity index (χ3n) is 4.88. The van der Waals surface area contributed by atoms with E-state index in [9.17, 15) is 9.59 Å². The number of aromatic amines is 1. The summed E-state index contributed by atoms with van der Waals surface area (Å²) in [4.78, 5) is 32.7. The van der Waals surface area contributed by atoms with E-state index < -0.39 is 5.91 Å². The molecule has 162 valence electrons. The normalized spacial score (nSPS) is 11.1. The van der Waals surface area contributed by atoms with Gasteiger partial charge in [0.25, 0.3) is 11.8 Å². The summed E-state index contributed by atoms with van der Waals surface area (Å²) < 4.78 is 0. The highest BCUT2D eigenvalue weighted by Gasteiger charge is 2.14. The smallest absolute Gasteiger partial charge is 0.257 e. The number of H-pyrrole nitrogens is 1. The number of aromatic nitrogens is 2. The summed E-state index contributed by atoms with van der Waals surface area (Å²) >= 11 is 6.24. The molecule has 0 atom stereocenters. The fourth-order valence-electron chi connectivity index (χ4n) is 3.23. The van der Waals surface area contributed by atoms with E-state index in [1.807, 2.05) is 12.1 Å². The Morgan fingerprint density at radius 3 is 2.76 bits per heavy atom. The quantitative estimate of drug-likeness (QED) is 0.350. The molecule has 0 bridgehead atoms. The molecule has 33 heavy (non-hydrogen) atoms. The van der Waals surface area contributed by atoms with E-state index in [4.69, 9.17) is 16.9 Å². The van der Waals surface area contributed by atoms with Crippen molar-refractivity contribution >= 4 is 51.9 Å². The monoisotopic (exact) mass is 455 g/mol. The van der Waals surface area contributed by atoms with Gasteiger partial charge in [-0.3, -0.25) is 9.59 Å². The van der Waals surface area contributed by atoms with Gasteiger partial charge in [-0.05, 0) is 61.0 Å². The molecule has 2 aromatic carbocycles. The van der Waals surface area contributed by atoms with Crippen LogP contribution in [0.25, 0.3) is 17.1 Å². The van der Waals surface area contributed by atoms with Crippen molar-refractivity contribution in [3.63, 3.8) is 0 Å². The van der Waals surface area contributed by atoms with Crippen LogP contribution in [0.5, 0.6) is 0 Å². The summed E-state index contributed by atoms with van der Waals surface area (Å²) in [5.74, 6) is -0.762. The lowest BCUT2D eigenvalue weighted by molar-refractivity contribution is -0.112. The number of benzene rings is 2. The second kappa shape index (κ2) is 9.39. The molecule has 4 rings (SSSR count). The fourth-order valence-corrected chi connectivity index (χ4v) is 3.43. The topological polar surface area (TPSA) is 111 Å². The van der Waals surface area contributed by atoms with Crippen molar-refractivity contribution in [3.8, 4) is 6.07 Å². The summed E-state index contributed by atoms with van der Waals surface area (Å²) in [5.41, 5.74) is 3.58. The number of halogens is 1. The van der Waals surface area contributed by atoms with Crippen LogP contribution >= 0.6 is 11.6 Å². The Labute approximate surface area is 194 Å². The highest BCUT2D eigenvalue weighted by molar-refractivity contribution is 6.34. The first kappa shape index (κ1) is 21.8. The molecule has 0 saturated heterocycles. The maximum Gasteiger partial charge on any atom is 0.257 e. The standard InChI is InChI=1S/C25H18ClN5O2/c1-15(9-16-3-2-4-17(10-16)13-27)24(32)30-19-5-6-22(26)21(12-19)25(33)31-20-11-18-7-8-28-23(18)29-14-20/h2-12,14H,1H3,(H,28,29)(H,30,32)(H,31,33)/b15-9+. The molecular weight excluding hydrogens is 438 g/mol. The number of nitrogens with zero attached hydrogens (tertiary/aromatic N) is 2. The van der Waals surface area contributed by atoms with Gasteiger partial charge in [-0.1, -0.05) is 23.7 Å². The third kappa shape index (κ3) is 5.09. The minimum absolute atomic E-state index is 0.215. The zero-order chi connectivity index (χ0) is 23.4. The van der Waals surface area contributed by atoms with Crippen molar-refractivity contribution in [3.05, 3.63) is 94.3 Å². The number of anilines is 2. The predicted molar refractivity (Wildman–Crippen MR) is 129 cm³/mol. The van der Waals surface area contributed by atoms with Gasteiger partial charge in [-0.2, -0.15) is 5.26 Å². The van der Waals surface area contributed by atoms with Gasteiger partial charge < -0.3 is 15.6 Å². The average Bonchev–Trinajstić information content (AvgIpc) is 3.28. The van der Waals surface area contributed by atoms with E-state index in [1.54, 1.807) is 61.8 Å². The SMILES string of the molecule is C/C(=C\c1cccc(C#N)c1)C(=O)Nc1ccc(Cl)c(C(=O)Nc2cnc3[nH]ccc3c2)c1. The third-order valence-corrected chi connectivity index (χ3v) is 5.21. The zero-order valence-corrected chi connectivity index (χ0v) is 18.3. The van der Waals surface area contributed by atoms with E-state index in [0.717, 1.165) is 16.6 Å². The van der Waals surface area contributed by atoms with Crippen molar-refractivity contribution in [2.75, 3.05) is 10.6 Å². The highest BCUT2D eigenvalue weighted by Crippen LogP contribution is 2.23. The summed E-state index contributed by atoms with van der Waals surface area (Å²) in [6.45, 7) is 1.67. The molecular formula is C25H18ClN5O2. The molecule has 2 heterocycles. The Hall–Kier alpha value is -4.41. The van der Waals surface area contributed by atoms with Crippen LogP contribution in [-0.2, 0) is 4.79 Å². The van der Waals surface area contributed by atoms with Crippen LogP contribution in [0.15, 0.2) is 72.6 Å². The molecule has 2 amide bonds. The van der Waals surface area contributed by atoms with Crippen LogP contribution in [0.4, 0.5) is 11.4 Å². The second-order valence-electron chi connectivity index (χ2n) is 7.31. The number of nitrogens with one attached hydrogen (secondary N) is 3. The summed E-state index contributed by atoms with van der Waals surface area (Å²) in [7, 11) is 0. The average molecular weight is 456 g/mol. The molecule has 4 aromatic rings.